The number of carbonyl (C=O) groups is 2. The van der Waals surface area contributed by atoms with Gasteiger partial charge in [-0.25, -0.2) is 13.2 Å². The smallest absolute Gasteiger partial charge is 0.338 e. The number of hydrogen-bond donors (Lipinski definition) is 2. The highest BCUT2D eigenvalue weighted by atomic mass is 32.2. The van der Waals surface area contributed by atoms with Gasteiger partial charge in [0.2, 0.25) is 5.91 Å². The number of sulfone groups is 1. The van der Waals surface area contributed by atoms with Crippen LogP contribution in [0.3, 0.4) is 0 Å². The Hall–Kier alpha value is -2.09. The zero-order valence-electron chi connectivity index (χ0n) is 13.6. The summed E-state index contributed by atoms with van der Waals surface area (Å²) in [6.45, 7) is 2.50. The summed E-state index contributed by atoms with van der Waals surface area (Å²) in [6, 6.07) is 6.53. The molecule has 0 saturated carbocycles. The number of esters is 1. The first-order valence-corrected chi connectivity index (χ1v) is 9.72. The van der Waals surface area contributed by atoms with Crippen LogP contribution in [-0.4, -0.2) is 51.0 Å². The Morgan fingerprint density at radius 3 is 2.54 bits per heavy atom. The number of amides is 1. The Morgan fingerprint density at radius 2 is 1.96 bits per heavy atom. The van der Waals surface area contributed by atoms with E-state index in [0.29, 0.717) is 25.1 Å². The molecule has 0 radical (unpaired) electrons. The van der Waals surface area contributed by atoms with Gasteiger partial charge in [-0.3, -0.25) is 4.79 Å². The fraction of sp³-hybridized carbons (Fsp3) is 0.500. The maximum Gasteiger partial charge on any atom is 0.338 e. The van der Waals surface area contributed by atoms with Crippen molar-refractivity contribution in [3.05, 3.63) is 29.8 Å². The van der Waals surface area contributed by atoms with Crippen LogP contribution in [0, 0.1) is 0 Å². The van der Waals surface area contributed by atoms with E-state index in [1.807, 2.05) is 0 Å². The van der Waals surface area contributed by atoms with Crippen molar-refractivity contribution in [2.24, 2.45) is 0 Å². The molecule has 1 aromatic rings. The lowest BCUT2D eigenvalue weighted by Crippen LogP contribution is -2.36. The van der Waals surface area contributed by atoms with E-state index in [-0.39, 0.29) is 35.8 Å². The molecule has 0 aliphatic carbocycles. The van der Waals surface area contributed by atoms with E-state index >= 15 is 0 Å². The lowest BCUT2D eigenvalue weighted by Gasteiger charge is -2.11. The standard InChI is InChI=1S/C16H22N2O5S/c1-2-23-16(20)12-3-5-13(6-4-12)17-9-7-15(19)18-14-8-10-24(21,22)11-14/h3-6,14,17H,2,7-11H2,1H3,(H,18,19). The molecule has 1 unspecified atom stereocenters. The number of hydrogen-bond acceptors (Lipinski definition) is 6. The van der Waals surface area contributed by atoms with Crippen molar-refractivity contribution in [2.75, 3.05) is 30.0 Å². The van der Waals surface area contributed by atoms with Crippen molar-refractivity contribution < 1.29 is 22.7 Å². The molecule has 7 nitrogen and oxygen atoms in total. The molecule has 24 heavy (non-hydrogen) atoms. The van der Waals surface area contributed by atoms with Gasteiger partial charge in [0.25, 0.3) is 0 Å². The molecule has 1 aliphatic heterocycles. The minimum absolute atomic E-state index is 0.0293. The maximum absolute atomic E-state index is 11.8. The highest BCUT2D eigenvalue weighted by Gasteiger charge is 2.28. The lowest BCUT2D eigenvalue weighted by atomic mass is 10.2. The molecule has 1 heterocycles. The van der Waals surface area contributed by atoms with Gasteiger partial charge in [-0.2, -0.15) is 0 Å². The molecule has 1 fully saturated rings. The minimum Gasteiger partial charge on any atom is -0.462 e. The van der Waals surface area contributed by atoms with Crippen LogP contribution in [0.5, 0.6) is 0 Å². The van der Waals surface area contributed by atoms with Gasteiger partial charge in [0.15, 0.2) is 9.84 Å². The molecular formula is C16H22N2O5S. The number of ether oxygens (including phenoxy) is 1. The van der Waals surface area contributed by atoms with Crippen LogP contribution < -0.4 is 10.6 Å². The number of nitrogens with one attached hydrogen (secondary N) is 2. The first kappa shape index (κ1) is 18.3. The number of carbonyl (C=O) groups excluding carboxylic acids is 2. The first-order chi connectivity index (χ1) is 11.4. The lowest BCUT2D eigenvalue weighted by molar-refractivity contribution is -0.121. The number of rotatable bonds is 7. The van der Waals surface area contributed by atoms with Gasteiger partial charge in [-0.05, 0) is 37.6 Å². The molecule has 1 amide bonds. The van der Waals surface area contributed by atoms with Crippen LogP contribution in [0.4, 0.5) is 5.69 Å². The molecule has 0 spiro atoms. The minimum atomic E-state index is -2.99. The molecule has 2 rings (SSSR count). The van der Waals surface area contributed by atoms with Crippen LogP contribution in [0.15, 0.2) is 24.3 Å². The summed E-state index contributed by atoms with van der Waals surface area (Å²) >= 11 is 0. The number of anilines is 1. The van der Waals surface area contributed by atoms with Crippen molar-refractivity contribution in [1.82, 2.24) is 5.32 Å². The molecule has 2 N–H and O–H groups in total. The Balaban J connectivity index is 1.72. The highest BCUT2D eigenvalue weighted by molar-refractivity contribution is 7.91. The summed E-state index contributed by atoms with van der Waals surface area (Å²) in [5, 5.41) is 5.82. The summed E-state index contributed by atoms with van der Waals surface area (Å²) in [6.07, 6.45) is 0.729. The van der Waals surface area contributed by atoms with Crippen LogP contribution in [0.25, 0.3) is 0 Å². The van der Waals surface area contributed by atoms with Crippen molar-refractivity contribution >= 4 is 27.4 Å². The molecule has 1 saturated heterocycles. The molecule has 1 atom stereocenters. The second-order valence-electron chi connectivity index (χ2n) is 5.64. The Labute approximate surface area is 141 Å². The Kier molecular flexibility index (Phi) is 6.19. The fourth-order valence-electron chi connectivity index (χ4n) is 2.47. The van der Waals surface area contributed by atoms with Crippen molar-refractivity contribution in [1.29, 1.82) is 0 Å². The van der Waals surface area contributed by atoms with Crippen LogP contribution in [-0.2, 0) is 19.4 Å². The van der Waals surface area contributed by atoms with Crippen molar-refractivity contribution in [3.8, 4) is 0 Å². The van der Waals surface area contributed by atoms with E-state index in [0.717, 1.165) is 5.69 Å². The van der Waals surface area contributed by atoms with E-state index in [4.69, 9.17) is 4.74 Å². The summed E-state index contributed by atoms with van der Waals surface area (Å²) in [5.74, 6) is -0.368. The predicted molar refractivity (Wildman–Crippen MR) is 90.7 cm³/mol. The predicted octanol–water partition coefficient (Wildman–Crippen LogP) is 0.969. The van der Waals surface area contributed by atoms with E-state index in [1.54, 1.807) is 31.2 Å². The summed E-state index contributed by atoms with van der Waals surface area (Å²) in [5.41, 5.74) is 1.27. The van der Waals surface area contributed by atoms with E-state index in [2.05, 4.69) is 10.6 Å². The Morgan fingerprint density at radius 1 is 1.25 bits per heavy atom. The van der Waals surface area contributed by atoms with E-state index in [9.17, 15) is 18.0 Å². The topological polar surface area (TPSA) is 102 Å². The second-order valence-corrected chi connectivity index (χ2v) is 7.87. The second kappa shape index (κ2) is 8.14. The average molecular weight is 354 g/mol. The largest absolute Gasteiger partial charge is 0.462 e. The fourth-order valence-corrected chi connectivity index (χ4v) is 4.14. The van der Waals surface area contributed by atoms with Gasteiger partial charge in [0.1, 0.15) is 0 Å². The molecule has 1 aliphatic rings. The van der Waals surface area contributed by atoms with Crippen LogP contribution in [0.1, 0.15) is 30.1 Å². The first-order valence-electron chi connectivity index (χ1n) is 7.90. The molecule has 1 aromatic carbocycles. The zero-order valence-corrected chi connectivity index (χ0v) is 14.4. The zero-order chi connectivity index (χ0) is 17.6. The summed E-state index contributed by atoms with van der Waals surface area (Å²) in [4.78, 5) is 23.3. The third-order valence-corrected chi connectivity index (χ3v) is 5.44. The van der Waals surface area contributed by atoms with E-state index in [1.165, 1.54) is 0 Å². The average Bonchev–Trinajstić information content (AvgIpc) is 2.87. The summed E-state index contributed by atoms with van der Waals surface area (Å²) in [7, 11) is -2.99. The molecule has 132 valence electrons. The maximum atomic E-state index is 11.8. The normalized spacial score (nSPS) is 18.8. The summed E-state index contributed by atoms with van der Waals surface area (Å²) < 4.78 is 27.6. The SMILES string of the molecule is CCOC(=O)c1ccc(NCCC(=O)NC2CCS(=O)(=O)C2)cc1. The molecule has 8 heteroatoms. The van der Waals surface area contributed by atoms with Gasteiger partial charge >= 0.3 is 5.97 Å². The van der Waals surface area contributed by atoms with Gasteiger partial charge in [-0.15, -0.1) is 0 Å². The van der Waals surface area contributed by atoms with Gasteiger partial charge in [0, 0.05) is 24.7 Å². The van der Waals surface area contributed by atoms with Gasteiger partial charge in [0.05, 0.1) is 23.7 Å². The van der Waals surface area contributed by atoms with Gasteiger partial charge < -0.3 is 15.4 Å². The quantitative estimate of drug-likeness (QED) is 0.708. The molecule has 0 aromatic heterocycles. The Bertz CT molecular complexity index is 685. The van der Waals surface area contributed by atoms with E-state index < -0.39 is 9.84 Å². The molecule has 0 bridgehead atoms. The van der Waals surface area contributed by atoms with Crippen LogP contribution in [0.2, 0.25) is 0 Å². The van der Waals surface area contributed by atoms with Crippen molar-refractivity contribution in [2.45, 2.75) is 25.8 Å². The van der Waals surface area contributed by atoms with Crippen molar-refractivity contribution in [3.63, 3.8) is 0 Å². The highest BCUT2D eigenvalue weighted by Crippen LogP contribution is 2.12. The number of benzene rings is 1. The monoisotopic (exact) mass is 354 g/mol. The third kappa shape index (κ3) is 5.52. The van der Waals surface area contributed by atoms with Gasteiger partial charge in [-0.1, -0.05) is 0 Å². The third-order valence-electron chi connectivity index (χ3n) is 3.67. The van der Waals surface area contributed by atoms with Crippen LogP contribution >= 0.6 is 0 Å². The molecular weight excluding hydrogens is 332 g/mol.